The Balaban J connectivity index is 3.28. The fourth-order valence-electron chi connectivity index (χ4n) is 1.36. The van der Waals surface area contributed by atoms with Gasteiger partial charge in [0.25, 0.3) is 0 Å². The zero-order chi connectivity index (χ0) is 10.1. The van der Waals surface area contributed by atoms with E-state index in [-0.39, 0.29) is 0 Å². The maximum absolute atomic E-state index is 4.50. The molecule has 0 radical (unpaired) electrons. The van der Waals surface area contributed by atoms with Crippen molar-refractivity contribution < 1.29 is 0 Å². The molecule has 0 heterocycles. The van der Waals surface area contributed by atoms with Gasteiger partial charge in [-0.25, -0.2) is 0 Å². The van der Waals surface area contributed by atoms with Crippen molar-refractivity contribution in [1.82, 2.24) is 0 Å². The molecule has 0 aliphatic rings. The molecule has 0 saturated carbocycles. The van der Waals surface area contributed by atoms with Gasteiger partial charge in [-0.3, -0.25) is 0 Å². The van der Waals surface area contributed by atoms with E-state index in [1.54, 1.807) is 0 Å². The van der Waals surface area contributed by atoms with Gasteiger partial charge in [-0.05, 0) is 18.6 Å². The van der Waals surface area contributed by atoms with Crippen molar-refractivity contribution in [2.45, 2.75) is 63.4 Å². The van der Waals surface area contributed by atoms with Crippen LogP contribution in [0.2, 0.25) is 0 Å². The van der Waals surface area contributed by atoms with Crippen molar-refractivity contribution in [2.75, 3.05) is 5.75 Å². The highest BCUT2D eigenvalue weighted by atomic mass is 32.2. The molecule has 0 rings (SSSR count). The maximum atomic E-state index is 4.50. The zero-order valence-corrected chi connectivity index (χ0v) is 11.0. The summed E-state index contributed by atoms with van der Waals surface area (Å²) < 4.78 is 0. The Hall–Kier alpha value is 0.700. The summed E-state index contributed by atoms with van der Waals surface area (Å²) >= 11 is 6.60. The van der Waals surface area contributed by atoms with Crippen LogP contribution in [0.15, 0.2) is 0 Å². The predicted molar refractivity (Wildman–Crippen MR) is 69.1 cm³/mol. The normalized spacial score (nSPS) is 15.7. The Kier molecular flexibility index (Phi) is 9.76. The number of thioether (sulfide) groups is 1. The van der Waals surface area contributed by atoms with E-state index >= 15 is 0 Å². The van der Waals surface area contributed by atoms with Crippen LogP contribution in [-0.2, 0) is 0 Å². The van der Waals surface area contributed by atoms with Gasteiger partial charge in [-0.15, -0.1) is 0 Å². The van der Waals surface area contributed by atoms with Gasteiger partial charge in [-0.1, -0.05) is 40.0 Å². The summed E-state index contributed by atoms with van der Waals surface area (Å²) in [6.45, 7) is 6.73. The Morgan fingerprint density at radius 3 is 2.31 bits per heavy atom. The first kappa shape index (κ1) is 13.7. The largest absolute Gasteiger partial charge is 0.175 e. The van der Waals surface area contributed by atoms with Crippen LogP contribution in [0, 0.1) is 0 Å². The fourth-order valence-corrected chi connectivity index (χ4v) is 3.02. The lowest BCUT2D eigenvalue weighted by Crippen LogP contribution is -2.13. The number of thiol groups is 1. The molecule has 2 unspecified atom stereocenters. The van der Waals surface area contributed by atoms with Gasteiger partial charge < -0.3 is 0 Å². The molecular formula is C11H24S2. The van der Waals surface area contributed by atoms with Gasteiger partial charge in [-0.2, -0.15) is 24.4 Å². The second-order valence-electron chi connectivity index (χ2n) is 3.62. The molecule has 13 heavy (non-hydrogen) atoms. The van der Waals surface area contributed by atoms with Gasteiger partial charge in [0.2, 0.25) is 0 Å². The van der Waals surface area contributed by atoms with Crippen LogP contribution in [0.5, 0.6) is 0 Å². The molecule has 0 nitrogen and oxygen atoms in total. The second kappa shape index (κ2) is 9.26. The van der Waals surface area contributed by atoms with Crippen molar-refractivity contribution in [1.29, 1.82) is 0 Å². The Morgan fingerprint density at radius 2 is 1.85 bits per heavy atom. The van der Waals surface area contributed by atoms with Gasteiger partial charge in [0.1, 0.15) is 0 Å². The van der Waals surface area contributed by atoms with Crippen molar-refractivity contribution in [3.05, 3.63) is 0 Å². The summed E-state index contributed by atoms with van der Waals surface area (Å²) in [5.41, 5.74) is 0. The molecule has 0 fully saturated rings. The topological polar surface area (TPSA) is 0 Å². The van der Waals surface area contributed by atoms with Gasteiger partial charge in [0, 0.05) is 10.5 Å². The third-order valence-corrected chi connectivity index (χ3v) is 4.53. The van der Waals surface area contributed by atoms with E-state index in [1.807, 2.05) is 0 Å². The minimum absolute atomic E-state index is 0.543. The highest BCUT2D eigenvalue weighted by Gasteiger charge is 2.10. The highest BCUT2D eigenvalue weighted by molar-refractivity contribution is 8.00. The number of hydrogen-bond donors (Lipinski definition) is 1. The highest BCUT2D eigenvalue weighted by Crippen LogP contribution is 2.22. The molecule has 2 atom stereocenters. The molecule has 0 aliphatic heterocycles. The first-order chi connectivity index (χ1) is 6.22. The Bertz CT molecular complexity index is 102. The summed E-state index contributed by atoms with van der Waals surface area (Å²) in [5.74, 6) is 1.32. The molecule has 80 valence electrons. The fraction of sp³-hybridized carbons (Fsp3) is 1.00. The first-order valence-corrected chi connectivity index (χ1v) is 7.08. The molecule has 0 aliphatic carbocycles. The second-order valence-corrected chi connectivity index (χ2v) is 5.78. The molecule has 0 N–H and O–H groups in total. The molecule has 0 aromatic rings. The predicted octanol–water partition coefficient (Wildman–Crippen LogP) is 4.40. The summed E-state index contributed by atoms with van der Waals surface area (Å²) in [4.78, 5) is 0. The van der Waals surface area contributed by atoms with Gasteiger partial charge in [0.05, 0.1) is 0 Å². The lowest BCUT2D eigenvalue weighted by Gasteiger charge is -2.17. The third kappa shape index (κ3) is 7.75. The Labute approximate surface area is 93.7 Å². The van der Waals surface area contributed by atoms with Crippen molar-refractivity contribution in [3.8, 4) is 0 Å². The van der Waals surface area contributed by atoms with Crippen LogP contribution < -0.4 is 0 Å². The number of rotatable bonds is 8. The monoisotopic (exact) mass is 220 g/mol. The van der Waals surface area contributed by atoms with Crippen molar-refractivity contribution >= 4 is 24.4 Å². The first-order valence-electron chi connectivity index (χ1n) is 5.52. The van der Waals surface area contributed by atoms with Gasteiger partial charge in [0.15, 0.2) is 0 Å². The molecule has 0 saturated heterocycles. The van der Waals surface area contributed by atoms with Crippen molar-refractivity contribution in [2.24, 2.45) is 0 Å². The minimum Gasteiger partial charge on any atom is -0.175 e. The van der Waals surface area contributed by atoms with Gasteiger partial charge >= 0.3 is 0 Å². The summed E-state index contributed by atoms with van der Waals surface area (Å²) in [7, 11) is 0. The summed E-state index contributed by atoms with van der Waals surface area (Å²) in [6.07, 6.45) is 6.78. The zero-order valence-electron chi connectivity index (χ0n) is 9.25. The lowest BCUT2D eigenvalue weighted by molar-refractivity contribution is 0.704. The number of hydrogen-bond acceptors (Lipinski definition) is 2. The molecule has 2 heteroatoms. The summed E-state index contributed by atoms with van der Waals surface area (Å²) in [5, 5.41) is 1.30. The summed E-state index contributed by atoms with van der Waals surface area (Å²) in [6, 6.07) is 0. The van der Waals surface area contributed by atoms with Crippen molar-refractivity contribution in [3.63, 3.8) is 0 Å². The molecular weight excluding hydrogens is 196 g/mol. The molecule has 0 aromatic heterocycles. The van der Waals surface area contributed by atoms with E-state index in [2.05, 4.69) is 45.2 Å². The lowest BCUT2D eigenvalue weighted by atomic mass is 10.2. The molecule has 0 aromatic carbocycles. The maximum Gasteiger partial charge on any atom is 0.0158 e. The number of unbranched alkanes of at least 4 members (excludes halogenated alkanes) is 3. The van der Waals surface area contributed by atoms with Crippen LogP contribution in [0.1, 0.15) is 52.9 Å². The SMILES string of the molecule is CCCCCCSC(CC)C(C)S. The third-order valence-electron chi connectivity index (χ3n) is 2.27. The van der Waals surface area contributed by atoms with E-state index in [0.29, 0.717) is 5.25 Å². The van der Waals surface area contributed by atoms with Crippen LogP contribution in [-0.4, -0.2) is 16.3 Å². The minimum atomic E-state index is 0.543. The van der Waals surface area contributed by atoms with Crippen LogP contribution >= 0.6 is 24.4 Å². The van der Waals surface area contributed by atoms with E-state index in [9.17, 15) is 0 Å². The van der Waals surface area contributed by atoms with Crippen LogP contribution in [0.3, 0.4) is 0 Å². The van der Waals surface area contributed by atoms with E-state index in [0.717, 1.165) is 5.25 Å². The van der Waals surface area contributed by atoms with E-state index < -0.39 is 0 Å². The average molecular weight is 220 g/mol. The standard InChI is InChI=1S/C11H24S2/c1-4-6-7-8-9-13-11(5-2)10(3)12/h10-12H,4-9H2,1-3H3. The Morgan fingerprint density at radius 1 is 1.15 bits per heavy atom. The van der Waals surface area contributed by atoms with E-state index in [4.69, 9.17) is 0 Å². The van der Waals surface area contributed by atoms with E-state index in [1.165, 1.54) is 37.9 Å². The molecule has 0 bridgehead atoms. The van der Waals surface area contributed by atoms with Crippen LogP contribution in [0.25, 0.3) is 0 Å². The smallest absolute Gasteiger partial charge is 0.0158 e. The quantitative estimate of drug-likeness (QED) is 0.467. The molecule has 0 amide bonds. The average Bonchev–Trinajstić information content (AvgIpc) is 2.10. The van der Waals surface area contributed by atoms with Crippen LogP contribution in [0.4, 0.5) is 0 Å². The molecule has 0 spiro atoms.